The molecule has 6 nitrogen and oxygen atoms in total. The monoisotopic (exact) mass is 287 g/mol. The van der Waals surface area contributed by atoms with E-state index >= 15 is 0 Å². The fourth-order valence-corrected chi connectivity index (χ4v) is 2.87. The van der Waals surface area contributed by atoms with Gasteiger partial charge in [-0.1, -0.05) is 18.2 Å². The normalized spacial score (nSPS) is 25.5. The molecule has 0 aliphatic carbocycles. The van der Waals surface area contributed by atoms with E-state index in [-0.39, 0.29) is 18.1 Å². The zero-order chi connectivity index (χ0) is 14.6. The van der Waals surface area contributed by atoms with Crippen LogP contribution in [0, 0.1) is 0 Å². The van der Waals surface area contributed by atoms with Crippen LogP contribution >= 0.6 is 0 Å². The van der Waals surface area contributed by atoms with Crippen LogP contribution in [-0.2, 0) is 5.60 Å². The van der Waals surface area contributed by atoms with Crippen molar-refractivity contribution < 1.29 is 24.8 Å². The summed E-state index contributed by atoms with van der Waals surface area (Å²) in [6, 6.07) is 9.87. The van der Waals surface area contributed by atoms with Gasteiger partial charge >= 0.3 is 0 Å². The third kappa shape index (κ3) is 1.54. The second-order valence-electron chi connectivity index (χ2n) is 5.08. The van der Waals surface area contributed by atoms with E-state index in [1.54, 1.807) is 24.3 Å². The topological polar surface area (TPSA) is 91.2 Å². The summed E-state index contributed by atoms with van der Waals surface area (Å²) in [5, 5.41) is 34.3. The van der Waals surface area contributed by atoms with E-state index in [1.165, 1.54) is 12.1 Å². The van der Waals surface area contributed by atoms with E-state index in [2.05, 4.69) is 5.32 Å². The standard InChI is InChI=1S/C15H13NO5/c17-11-6-13-12(20-7-21-13)5-9(11)15(19)8-3-1-2-4-10(8)16-14(15)18/h1-6,14,16-19H,7H2. The lowest BCUT2D eigenvalue weighted by atomic mass is 9.86. The minimum atomic E-state index is -1.76. The van der Waals surface area contributed by atoms with E-state index in [9.17, 15) is 15.3 Å². The molecular formula is C15H13NO5. The number of fused-ring (bicyclic) bond motifs is 2. The zero-order valence-electron chi connectivity index (χ0n) is 10.9. The number of aromatic hydroxyl groups is 1. The number of benzene rings is 2. The van der Waals surface area contributed by atoms with Gasteiger partial charge in [-0.05, 0) is 12.1 Å². The maximum absolute atomic E-state index is 11.0. The summed E-state index contributed by atoms with van der Waals surface area (Å²) in [7, 11) is 0. The molecule has 2 aliphatic rings. The lowest BCUT2D eigenvalue weighted by Gasteiger charge is -2.28. The molecule has 2 aliphatic heterocycles. The van der Waals surface area contributed by atoms with Crippen molar-refractivity contribution in [1.82, 2.24) is 0 Å². The number of anilines is 1. The molecule has 0 radical (unpaired) electrons. The molecule has 21 heavy (non-hydrogen) atoms. The molecule has 0 bridgehead atoms. The van der Waals surface area contributed by atoms with Gasteiger partial charge in [0.1, 0.15) is 5.75 Å². The molecule has 6 heteroatoms. The average Bonchev–Trinajstić information content (AvgIpc) is 3.02. The van der Waals surface area contributed by atoms with Gasteiger partial charge in [0.2, 0.25) is 6.79 Å². The van der Waals surface area contributed by atoms with Gasteiger partial charge in [-0.3, -0.25) is 0 Å². The lowest BCUT2D eigenvalue weighted by molar-refractivity contribution is -0.0261. The number of hydrogen-bond donors (Lipinski definition) is 4. The molecule has 4 N–H and O–H groups in total. The van der Waals surface area contributed by atoms with Gasteiger partial charge in [-0.15, -0.1) is 0 Å². The number of aliphatic hydroxyl groups is 2. The first-order chi connectivity index (χ1) is 10.1. The van der Waals surface area contributed by atoms with Crippen LogP contribution in [0.5, 0.6) is 17.2 Å². The Morgan fingerprint density at radius 3 is 2.62 bits per heavy atom. The van der Waals surface area contributed by atoms with Crippen molar-refractivity contribution >= 4 is 5.69 Å². The smallest absolute Gasteiger partial charge is 0.231 e. The van der Waals surface area contributed by atoms with Gasteiger partial charge in [0, 0.05) is 22.9 Å². The number of phenolic OH excluding ortho intramolecular Hbond substituents is 1. The van der Waals surface area contributed by atoms with Crippen molar-refractivity contribution in [1.29, 1.82) is 0 Å². The number of ether oxygens (including phenoxy) is 2. The first-order valence-corrected chi connectivity index (χ1v) is 6.50. The number of para-hydroxylation sites is 1. The van der Waals surface area contributed by atoms with Crippen LogP contribution in [-0.4, -0.2) is 28.3 Å². The molecule has 108 valence electrons. The van der Waals surface area contributed by atoms with E-state index < -0.39 is 11.8 Å². The maximum atomic E-state index is 11.0. The Morgan fingerprint density at radius 2 is 1.81 bits per heavy atom. The summed E-state index contributed by atoms with van der Waals surface area (Å²) in [5.41, 5.74) is -0.491. The highest BCUT2D eigenvalue weighted by Gasteiger charge is 2.48. The average molecular weight is 287 g/mol. The number of rotatable bonds is 1. The number of aliphatic hydroxyl groups excluding tert-OH is 1. The summed E-state index contributed by atoms with van der Waals surface area (Å²) in [6.45, 7) is 0.0635. The summed E-state index contributed by atoms with van der Waals surface area (Å²) in [4.78, 5) is 0. The summed E-state index contributed by atoms with van der Waals surface area (Å²) in [5.74, 6) is 0.667. The molecule has 0 saturated carbocycles. The SMILES string of the molecule is Oc1cc2c(cc1C1(O)c3ccccc3NC1O)OCO2. The fraction of sp³-hybridized carbons (Fsp3) is 0.200. The van der Waals surface area contributed by atoms with Gasteiger partial charge in [-0.25, -0.2) is 0 Å². The molecule has 0 saturated heterocycles. The van der Waals surface area contributed by atoms with Crippen LogP contribution in [0.1, 0.15) is 11.1 Å². The molecule has 0 amide bonds. The predicted molar refractivity (Wildman–Crippen MR) is 73.3 cm³/mol. The zero-order valence-corrected chi connectivity index (χ0v) is 10.9. The molecule has 0 fully saturated rings. The Bertz CT molecular complexity index is 732. The summed E-state index contributed by atoms with van der Waals surface area (Å²) < 4.78 is 10.5. The van der Waals surface area contributed by atoms with Crippen molar-refractivity contribution in [3.8, 4) is 17.2 Å². The van der Waals surface area contributed by atoms with Crippen LogP contribution in [0.4, 0.5) is 5.69 Å². The third-order valence-corrected chi connectivity index (χ3v) is 3.93. The van der Waals surface area contributed by atoms with E-state index in [0.29, 0.717) is 22.7 Å². The maximum Gasteiger partial charge on any atom is 0.231 e. The van der Waals surface area contributed by atoms with Crippen molar-refractivity contribution in [3.63, 3.8) is 0 Å². The number of nitrogens with one attached hydrogen (secondary N) is 1. The molecule has 0 spiro atoms. The van der Waals surface area contributed by atoms with Crippen LogP contribution in [0.15, 0.2) is 36.4 Å². The Hall–Kier alpha value is -2.44. The highest BCUT2D eigenvalue weighted by atomic mass is 16.7. The number of hydrogen-bond acceptors (Lipinski definition) is 6. The van der Waals surface area contributed by atoms with Gasteiger partial charge < -0.3 is 30.1 Å². The Morgan fingerprint density at radius 1 is 1.10 bits per heavy atom. The fourth-order valence-electron chi connectivity index (χ4n) is 2.87. The number of phenols is 1. The summed E-state index contributed by atoms with van der Waals surface area (Å²) >= 11 is 0. The van der Waals surface area contributed by atoms with Crippen molar-refractivity contribution in [2.24, 2.45) is 0 Å². The Labute approximate surface area is 120 Å². The Balaban J connectivity index is 1.93. The first kappa shape index (κ1) is 12.3. The van der Waals surface area contributed by atoms with Gasteiger partial charge in [-0.2, -0.15) is 0 Å². The minimum absolute atomic E-state index is 0.0635. The minimum Gasteiger partial charge on any atom is -0.507 e. The van der Waals surface area contributed by atoms with E-state index in [1.807, 2.05) is 0 Å². The first-order valence-electron chi connectivity index (χ1n) is 6.50. The largest absolute Gasteiger partial charge is 0.507 e. The molecule has 2 aromatic carbocycles. The van der Waals surface area contributed by atoms with Gasteiger partial charge in [0.05, 0.1) is 0 Å². The second-order valence-corrected chi connectivity index (χ2v) is 5.08. The van der Waals surface area contributed by atoms with E-state index in [4.69, 9.17) is 9.47 Å². The van der Waals surface area contributed by atoms with Crippen LogP contribution in [0.3, 0.4) is 0 Å². The molecule has 0 aromatic heterocycles. The van der Waals surface area contributed by atoms with Gasteiger partial charge in [0.15, 0.2) is 23.3 Å². The van der Waals surface area contributed by atoms with E-state index in [0.717, 1.165) is 0 Å². The molecular weight excluding hydrogens is 274 g/mol. The second kappa shape index (κ2) is 4.03. The molecule has 2 unspecified atom stereocenters. The quantitative estimate of drug-likeness (QED) is 0.628. The predicted octanol–water partition coefficient (Wildman–Crippen LogP) is 1.10. The van der Waals surface area contributed by atoms with Crippen LogP contribution in [0.25, 0.3) is 0 Å². The molecule has 2 atom stereocenters. The van der Waals surface area contributed by atoms with Crippen molar-refractivity contribution in [2.45, 2.75) is 11.8 Å². The lowest BCUT2D eigenvalue weighted by Crippen LogP contribution is -2.39. The van der Waals surface area contributed by atoms with Crippen LogP contribution < -0.4 is 14.8 Å². The molecule has 2 aromatic rings. The van der Waals surface area contributed by atoms with Crippen LogP contribution in [0.2, 0.25) is 0 Å². The third-order valence-electron chi connectivity index (χ3n) is 3.93. The molecule has 2 heterocycles. The van der Waals surface area contributed by atoms with Crippen molar-refractivity contribution in [3.05, 3.63) is 47.5 Å². The molecule has 4 rings (SSSR count). The van der Waals surface area contributed by atoms with Crippen molar-refractivity contribution in [2.75, 3.05) is 12.1 Å². The van der Waals surface area contributed by atoms with Gasteiger partial charge in [0.25, 0.3) is 0 Å². The summed E-state index contributed by atoms with van der Waals surface area (Å²) in [6.07, 6.45) is -1.28. The highest BCUT2D eigenvalue weighted by molar-refractivity contribution is 5.66. The highest BCUT2D eigenvalue weighted by Crippen LogP contribution is 2.49. The Kier molecular flexibility index (Phi) is 2.36.